The van der Waals surface area contributed by atoms with Gasteiger partial charge in [0.05, 0.1) is 5.57 Å². The molecule has 0 aliphatic carbocycles. The maximum Gasteiger partial charge on any atom is 0.334 e. The van der Waals surface area contributed by atoms with Crippen LogP contribution in [0.25, 0.3) is 0 Å². The first-order chi connectivity index (χ1) is 6.04. The Labute approximate surface area is 73.0 Å². The maximum atomic E-state index is 10.5. The van der Waals surface area contributed by atoms with Crippen molar-refractivity contribution in [3.8, 4) is 0 Å². The molecule has 0 amide bonds. The number of carboxylic acids is 2. The van der Waals surface area contributed by atoms with Gasteiger partial charge in [-0.05, 0) is 12.2 Å². The van der Waals surface area contributed by atoms with Crippen LogP contribution in [0.3, 0.4) is 0 Å². The third kappa shape index (κ3) is 1.67. The molecule has 70 valence electrons. The molecule has 0 aromatic carbocycles. The van der Waals surface area contributed by atoms with Crippen molar-refractivity contribution >= 4 is 11.9 Å². The monoisotopic (exact) mass is 185 g/mol. The number of allylic oxidation sites excluding steroid dienone is 2. The van der Waals surface area contributed by atoms with E-state index in [0.717, 1.165) is 12.3 Å². The Morgan fingerprint density at radius 3 is 2.38 bits per heavy atom. The minimum atomic E-state index is -1.54. The Morgan fingerprint density at radius 2 is 2.00 bits per heavy atom. The largest absolute Gasteiger partial charge is 0.479 e. The molecular weight excluding hydrogens is 178 g/mol. The zero-order valence-electron chi connectivity index (χ0n) is 6.41. The maximum absolute atomic E-state index is 10.5. The van der Waals surface area contributed by atoms with E-state index in [2.05, 4.69) is 0 Å². The molecule has 6 heteroatoms. The molecule has 1 atom stereocenters. The summed E-state index contributed by atoms with van der Waals surface area (Å²) in [5.41, 5.74) is -0.377. The Hall–Kier alpha value is -1.82. The van der Waals surface area contributed by atoms with E-state index >= 15 is 0 Å². The van der Waals surface area contributed by atoms with Crippen LogP contribution in [0.2, 0.25) is 0 Å². The van der Waals surface area contributed by atoms with Gasteiger partial charge in [0, 0.05) is 6.20 Å². The standard InChI is InChI=1S/C7H7NO5/c9-6(10)4-2-1-3-8(13)5(4)7(11)12/h1-3,5,13H,(H,9,10)(H,11,12). The number of hydrogen-bond acceptors (Lipinski definition) is 4. The fourth-order valence-corrected chi connectivity index (χ4v) is 0.989. The minimum absolute atomic E-state index is 0.339. The highest BCUT2D eigenvalue weighted by molar-refractivity contribution is 5.96. The van der Waals surface area contributed by atoms with Crippen LogP contribution in [0.5, 0.6) is 0 Å². The highest BCUT2D eigenvalue weighted by Gasteiger charge is 2.32. The normalized spacial score (nSPS) is 21.2. The smallest absolute Gasteiger partial charge is 0.334 e. The van der Waals surface area contributed by atoms with Gasteiger partial charge in [-0.3, -0.25) is 5.21 Å². The summed E-state index contributed by atoms with van der Waals surface area (Å²) in [6, 6.07) is -1.54. The fraction of sp³-hybridized carbons (Fsp3) is 0.143. The molecule has 1 rings (SSSR count). The summed E-state index contributed by atoms with van der Waals surface area (Å²) < 4.78 is 0. The van der Waals surface area contributed by atoms with Crippen molar-refractivity contribution in [1.29, 1.82) is 0 Å². The SMILES string of the molecule is O=C(O)C1=CC=CN(O)C1C(=O)O. The number of nitrogens with zero attached hydrogens (tertiary/aromatic N) is 1. The molecule has 0 fully saturated rings. The number of aliphatic carboxylic acids is 2. The predicted molar refractivity (Wildman–Crippen MR) is 39.9 cm³/mol. The molecule has 6 nitrogen and oxygen atoms in total. The number of carboxylic acid groups (broad SMARTS) is 2. The summed E-state index contributed by atoms with van der Waals surface area (Å²) in [6.07, 6.45) is 3.46. The molecule has 3 N–H and O–H groups in total. The highest BCUT2D eigenvalue weighted by atomic mass is 16.5. The van der Waals surface area contributed by atoms with Crippen molar-refractivity contribution in [2.24, 2.45) is 0 Å². The molecule has 1 heterocycles. The van der Waals surface area contributed by atoms with Gasteiger partial charge in [0.25, 0.3) is 0 Å². The van der Waals surface area contributed by atoms with E-state index in [1.54, 1.807) is 0 Å². The lowest BCUT2D eigenvalue weighted by Crippen LogP contribution is -2.40. The van der Waals surface area contributed by atoms with Gasteiger partial charge in [-0.25, -0.2) is 14.7 Å². The van der Waals surface area contributed by atoms with Crippen LogP contribution in [-0.4, -0.2) is 38.5 Å². The summed E-state index contributed by atoms with van der Waals surface area (Å²) in [4.78, 5) is 21.1. The van der Waals surface area contributed by atoms with Crippen molar-refractivity contribution < 1.29 is 25.0 Å². The lowest BCUT2D eigenvalue weighted by molar-refractivity contribution is -0.157. The Balaban J connectivity index is 3.02. The van der Waals surface area contributed by atoms with E-state index in [-0.39, 0.29) is 5.57 Å². The highest BCUT2D eigenvalue weighted by Crippen LogP contribution is 2.14. The first-order valence-corrected chi connectivity index (χ1v) is 3.35. The van der Waals surface area contributed by atoms with Crippen molar-refractivity contribution in [2.75, 3.05) is 0 Å². The van der Waals surface area contributed by atoms with E-state index in [0.29, 0.717) is 5.06 Å². The molecule has 1 aliphatic rings. The van der Waals surface area contributed by atoms with Crippen LogP contribution in [0, 0.1) is 0 Å². The summed E-state index contributed by atoms with van der Waals surface area (Å²) in [5.74, 6) is -2.78. The summed E-state index contributed by atoms with van der Waals surface area (Å²) >= 11 is 0. The van der Waals surface area contributed by atoms with Crippen LogP contribution in [0.4, 0.5) is 0 Å². The predicted octanol–water partition coefficient (Wildman–Crippen LogP) is -0.331. The van der Waals surface area contributed by atoms with E-state index < -0.39 is 18.0 Å². The van der Waals surface area contributed by atoms with Crippen LogP contribution in [-0.2, 0) is 9.59 Å². The topological polar surface area (TPSA) is 98.1 Å². The van der Waals surface area contributed by atoms with Crippen molar-refractivity contribution in [2.45, 2.75) is 6.04 Å². The molecule has 0 aromatic rings. The van der Waals surface area contributed by atoms with Crippen LogP contribution < -0.4 is 0 Å². The molecule has 0 bridgehead atoms. The van der Waals surface area contributed by atoms with Gasteiger partial charge in [-0.15, -0.1) is 0 Å². The molecule has 1 aliphatic heterocycles. The number of hydrogen-bond donors (Lipinski definition) is 3. The van der Waals surface area contributed by atoms with Gasteiger partial charge in [-0.1, -0.05) is 0 Å². The zero-order chi connectivity index (χ0) is 10.0. The lowest BCUT2D eigenvalue weighted by atomic mass is 10.1. The molecule has 0 saturated carbocycles. The first kappa shape index (κ1) is 9.27. The molecule has 0 spiro atoms. The van der Waals surface area contributed by atoms with Gasteiger partial charge in [0.1, 0.15) is 0 Å². The van der Waals surface area contributed by atoms with Crippen molar-refractivity contribution in [3.63, 3.8) is 0 Å². The summed E-state index contributed by atoms with van der Waals surface area (Å²) in [5, 5.41) is 26.5. The molecule has 0 radical (unpaired) electrons. The molecular formula is C7H7NO5. The third-order valence-corrected chi connectivity index (χ3v) is 1.55. The number of carbonyl (C=O) groups is 2. The molecule has 1 unspecified atom stereocenters. The van der Waals surface area contributed by atoms with E-state index in [1.807, 2.05) is 0 Å². The quantitative estimate of drug-likeness (QED) is 0.544. The third-order valence-electron chi connectivity index (χ3n) is 1.55. The van der Waals surface area contributed by atoms with Crippen LogP contribution in [0.1, 0.15) is 0 Å². The van der Waals surface area contributed by atoms with E-state index in [4.69, 9.17) is 15.4 Å². The minimum Gasteiger partial charge on any atom is -0.479 e. The van der Waals surface area contributed by atoms with Crippen LogP contribution in [0.15, 0.2) is 23.9 Å². The Bertz CT molecular complexity index is 306. The average molecular weight is 185 g/mol. The Kier molecular flexibility index (Phi) is 2.34. The Morgan fingerprint density at radius 1 is 1.38 bits per heavy atom. The summed E-state index contributed by atoms with van der Waals surface area (Å²) in [6.45, 7) is 0. The average Bonchev–Trinajstić information content (AvgIpc) is 2.02. The fourth-order valence-electron chi connectivity index (χ4n) is 0.989. The second-order valence-corrected chi connectivity index (χ2v) is 2.39. The molecule has 0 aromatic heterocycles. The van der Waals surface area contributed by atoms with Crippen LogP contribution >= 0.6 is 0 Å². The molecule has 0 saturated heterocycles. The molecule has 13 heavy (non-hydrogen) atoms. The van der Waals surface area contributed by atoms with E-state index in [1.165, 1.54) is 6.08 Å². The summed E-state index contributed by atoms with van der Waals surface area (Å²) in [7, 11) is 0. The van der Waals surface area contributed by atoms with Gasteiger partial charge in [-0.2, -0.15) is 0 Å². The first-order valence-electron chi connectivity index (χ1n) is 3.35. The van der Waals surface area contributed by atoms with Gasteiger partial charge in [0.15, 0.2) is 6.04 Å². The zero-order valence-corrected chi connectivity index (χ0v) is 6.41. The number of rotatable bonds is 2. The van der Waals surface area contributed by atoms with E-state index in [9.17, 15) is 9.59 Å². The van der Waals surface area contributed by atoms with Gasteiger partial charge in [0.2, 0.25) is 0 Å². The van der Waals surface area contributed by atoms with Crippen molar-refractivity contribution in [1.82, 2.24) is 5.06 Å². The van der Waals surface area contributed by atoms with Gasteiger partial charge >= 0.3 is 11.9 Å². The van der Waals surface area contributed by atoms with Gasteiger partial charge < -0.3 is 10.2 Å². The second-order valence-electron chi connectivity index (χ2n) is 2.39. The lowest BCUT2D eigenvalue weighted by Gasteiger charge is -2.23. The second kappa shape index (κ2) is 3.28. The van der Waals surface area contributed by atoms with Crippen molar-refractivity contribution in [3.05, 3.63) is 23.9 Å². The number of hydroxylamine groups is 2.